The summed E-state index contributed by atoms with van der Waals surface area (Å²) in [6.07, 6.45) is 5.05. The van der Waals surface area contributed by atoms with Gasteiger partial charge in [0, 0.05) is 31.4 Å². The molecule has 0 spiro atoms. The van der Waals surface area contributed by atoms with E-state index in [0.29, 0.717) is 30.7 Å². The number of anilines is 2. The highest BCUT2D eigenvalue weighted by atomic mass is 35.5. The first-order valence-electron chi connectivity index (χ1n) is 7.88. The molecule has 0 aliphatic carbocycles. The SMILES string of the molecule is CCCOc1ccnc(NC2CCN(c3cn[nH]c(=O)c3Cl)C2)n1. The highest BCUT2D eigenvalue weighted by Gasteiger charge is 2.25. The smallest absolute Gasteiger partial charge is 0.285 e. The minimum Gasteiger partial charge on any atom is -0.478 e. The maximum atomic E-state index is 11.6. The van der Waals surface area contributed by atoms with E-state index in [9.17, 15) is 4.79 Å². The number of aromatic nitrogens is 4. The number of nitrogens with zero attached hydrogens (tertiary/aromatic N) is 4. The van der Waals surface area contributed by atoms with E-state index in [2.05, 4.69) is 25.5 Å². The van der Waals surface area contributed by atoms with Crippen LogP contribution >= 0.6 is 11.6 Å². The van der Waals surface area contributed by atoms with Crippen LogP contribution in [0, 0.1) is 0 Å². The topological polar surface area (TPSA) is 96.0 Å². The van der Waals surface area contributed by atoms with Crippen LogP contribution in [0.3, 0.4) is 0 Å². The third-order valence-corrected chi connectivity index (χ3v) is 4.09. The highest BCUT2D eigenvalue weighted by molar-refractivity contribution is 6.33. The molecule has 0 bridgehead atoms. The first-order valence-corrected chi connectivity index (χ1v) is 8.25. The highest BCUT2D eigenvalue weighted by Crippen LogP contribution is 2.25. The summed E-state index contributed by atoms with van der Waals surface area (Å²) in [6.45, 7) is 4.13. The predicted molar refractivity (Wildman–Crippen MR) is 91.9 cm³/mol. The molecule has 2 aromatic heterocycles. The van der Waals surface area contributed by atoms with Gasteiger partial charge in [-0.1, -0.05) is 18.5 Å². The van der Waals surface area contributed by atoms with Crippen LogP contribution < -0.4 is 20.5 Å². The molecule has 128 valence electrons. The van der Waals surface area contributed by atoms with Crippen LogP contribution in [0.25, 0.3) is 0 Å². The van der Waals surface area contributed by atoms with Crippen molar-refractivity contribution in [3.05, 3.63) is 33.8 Å². The van der Waals surface area contributed by atoms with Gasteiger partial charge in [-0.2, -0.15) is 10.1 Å². The first kappa shape index (κ1) is 16.5. The van der Waals surface area contributed by atoms with Crippen molar-refractivity contribution < 1.29 is 4.74 Å². The number of nitrogens with one attached hydrogen (secondary N) is 2. The quantitative estimate of drug-likeness (QED) is 0.818. The minimum atomic E-state index is -0.380. The van der Waals surface area contributed by atoms with E-state index in [4.69, 9.17) is 16.3 Å². The minimum absolute atomic E-state index is 0.154. The summed E-state index contributed by atoms with van der Waals surface area (Å²) < 4.78 is 5.51. The van der Waals surface area contributed by atoms with Crippen molar-refractivity contribution in [2.45, 2.75) is 25.8 Å². The lowest BCUT2D eigenvalue weighted by Crippen LogP contribution is -2.28. The van der Waals surface area contributed by atoms with Crippen molar-refractivity contribution in [3.8, 4) is 5.88 Å². The lowest BCUT2D eigenvalue weighted by Gasteiger charge is -2.19. The molecule has 1 aliphatic heterocycles. The van der Waals surface area contributed by atoms with Crippen molar-refractivity contribution >= 4 is 23.2 Å². The van der Waals surface area contributed by atoms with Gasteiger partial charge in [0.2, 0.25) is 11.8 Å². The Balaban J connectivity index is 1.64. The molecule has 0 amide bonds. The van der Waals surface area contributed by atoms with E-state index in [-0.39, 0.29) is 16.6 Å². The van der Waals surface area contributed by atoms with Crippen LogP contribution in [-0.2, 0) is 0 Å². The Morgan fingerprint density at radius 1 is 1.54 bits per heavy atom. The van der Waals surface area contributed by atoms with Gasteiger partial charge < -0.3 is 15.0 Å². The van der Waals surface area contributed by atoms with Crippen LogP contribution in [0.4, 0.5) is 11.6 Å². The maximum Gasteiger partial charge on any atom is 0.285 e. The van der Waals surface area contributed by atoms with Crippen LogP contribution in [0.1, 0.15) is 19.8 Å². The van der Waals surface area contributed by atoms with Gasteiger partial charge in [0.25, 0.3) is 5.56 Å². The molecular formula is C15H19ClN6O2. The molecule has 2 aromatic rings. The Hall–Kier alpha value is -2.35. The Morgan fingerprint density at radius 3 is 3.25 bits per heavy atom. The van der Waals surface area contributed by atoms with Crippen molar-refractivity contribution in [2.24, 2.45) is 0 Å². The van der Waals surface area contributed by atoms with Crippen molar-refractivity contribution in [3.63, 3.8) is 0 Å². The average molecular weight is 351 g/mol. The van der Waals surface area contributed by atoms with E-state index in [1.807, 2.05) is 11.8 Å². The molecule has 1 fully saturated rings. The molecule has 0 aromatic carbocycles. The number of hydrogen-bond acceptors (Lipinski definition) is 7. The van der Waals surface area contributed by atoms with Crippen molar-refractivity contribution in [2.75, 3.05) is 29.9 Å². The number of hydrogen-bond donors (Lipinski definition) is 2. The Kier molecular flexibility index (Phi) is 5.14. The van der Waals surface area contributed by atoms with Gasteiger partial charge in [-0.25, -0.2) is 10.1 Å². The summed E-state index contributed by atoms with van der Waals surface area (Å²) in [5.41, 5.74) is 0.264. The second-order valence-electron chi connectivity index (χ2n) is 5.54. The fourth-order valence-electron chi connectivity index (χ4n) is 2.57. The van der Waals surface area contributed by atoms with E-state index in [1.165, 1.54) is 0 Å². The van der Waals surface area contributed by atoms with E-state index < -0.39 is 0 Å². The summed E-state index contributed by atoms with van der Waals surface area (Å²) in [4.78, 5) is 22.2. The molecule has 1 atom stereocenters. The maximum absolute atomic E-state index is 11.6. The monoisotopic (exact) mass is 350 g/mol. The van der Waals surface area contributed by atoms with E-state index >= 15 is 0 Å². The van der Waals surface area contributed by atoms with Gasteiger partial charge in [0.15, 0.2) is 0 Å². The van der Waals surface area contributed by atoms with Gasteiger partial charge in [0.05, 0.1) is 18.5 Å². The van der Waals surface area contributed by atoms with Gasteiger partial charge in [-0.05, 0) is 12.8 Å². The zero-order valence-electron chi connectivity index (χ0n) is 13.3. The summed E-state index contributed by atoms with van der Waals surface area (Å²) in [5.74, 6) is 1.09. The standard InChI is InChI=1S/C15H19ClN6O2/c1-2-7-24-12-3-5-17-15(20-12)19-10-4-6-22(9-10)11-8-18-21-14(23)13(11)16/h3,5,8,10H,2,4,6-7,9H2,1H3,(H,21,23)(H,17,19,20). The molecule has 3 heterocycles. The van der Waals surface area contributed by atoms with Crippen molar-refractivity contribution in [1.29, 1.82) is 0 Å². The molecule has 3 rings (SSSR count). The second-order valence-corrected chi connectivity index (χ2v) is 5.92. The van der Waals surface area contributed by atoms with Gasteiger partial charge in [-0.15, -0.1) is 0 Å². The van der Waals surface area contributed by atoms with Crippen LogP contribution in [0.2, 0.25) is 5.02 Å². The van der Waals surface area contributed by atoms with Crippen LogP contribution in [-0.4, -0.2) is 45.9 Å². The van der Waals surface area contributed by atoms with Crippen LogP contribution in [0.5, 0.6) is 5.88 Å². The largest absolute Gasteiger partial charge is 0.478 e. The molecule has 0 saturated carbocycles. The number of ether oxygens (including phenoxy) is 1. The summed E-state index contributed by atoms with van der Waals surface area (Å²) in [6, 6.07) is 1.89. The van der Waals surface area contributed by atoms with Gasteiger partial charge in [0.1, 0.15) is 5.02 Å². The normalized spacial score (nSPS) is 17.1. The average Bonchev–Trinajstić information content (AvgIpc) is 3.04. The Bertz CT molecular complexity index is 753. The van der Waals surface area contributed by atoms with Gasteiger partial charge in [-0.3, -0.25) is 4.79 Å². The molecule has 24 heavy (non-hydrogen) atoms. The lowest BCUT2D eigenvalue weighted by atomic mass is 10.3. The zero-order chi connectivity index (χ0) is 16.9. The second kappa shape index (κ2) is 7.48. The number of H-pyrrole nitrogens is 1. The fourth-order valence-corrected chi connectivity index (χ4v) is 2.78. The number of rotatable bonds is 6. The molecule has 1 unspecified atom stereocenters. The molecule has 1 aliphatic rings. The molecule has 1 saturated heterocycles. The predicted octanol–water partition coefficient (Wildman–Crippen LogP) is 1.69. The van der Waals surface area contributed by atoms with Gasteiger partial charge >= 0.3 is 0 Å². The molecule has 0 radical (unpaired) electrons. The molecule has 2 N–H and O–H groups in total. The fraction of sp³-hybridized carbons (Fsp3) is 0.467. The van der Waals surface area contributed by atoms with Crippen LogP contribution in [0.15, 0.2) is 23.3 Å². The number of aromatic amines is 1. The number of halogens is 1. The lowest BCUT2D eigenvalue weighted by molar-refractivity contribution is 0.305. The third kappa shape index (κ3) is 3.76. The molecular weight excluding hydrogens is 332 g/mol. The Morgan fingerprint density at radius 2 is 2.42 bits per heavy atom. The molecule has 9 heteroatoms. The zero-order valence-corrected chi connectivity index (χ0v) is 14.1. The Labute approximate surface area is 144 Å². The summed E-state index contributed by atoms with van der Waals surface area (Å²) in [7, 11) is 0. The summed E-state index contributed by atoms with van der Waals surface area (Å²) >= 11 is 6.06. The first-order chi connectivity index (χ1) is 11.7. The third-order valence-electron chi connectivity index (χ3n) is 3.72. The summed E-state index contributed by atoms with van der Waals surface area (Å²) in [5, 5.41) is 9.60. The molecule has 8 nitrogen and oxygen atoms in total. The van der Waals surface area contributed by atoms with E-state index in [0.717, 1.165) is 19.4 Å². The van der Waals surface area contributed by atoms with E-state index in [1.54, 1.807) is 18.5 Å². The van der Waals surface area contributed by atoms with Crippen molar-refractivity contribution in [1.82, 2.24) is 20.2 Å².